The van der Waals surface area contributed by atoms with Gasteiger partial charge in [0.05, 0.1) is 11.3 Å². The molecule has 1 aliphatic rings. The Kier molecular flexibility index (Phi) is 6.43. The van der Waals surface area contributed by atoms with Gasteiger partial charge in [-0.1, -0.05) is 17.7 Å². The summed E-state index contributed by atoms with van der Waals surface area (Å²) in [5.41, 5.74) is 0.873. The second kappa shape index (κ2) is 8.81. The van der Waals surface area contributed by atoms with Crippen LogP contribution in [-0.2, 0) is 24.3 Å². The van der Waals surface area contributed by atoms with Crippen molar-refractivity contribution in [1.82, 2.24) is 3.97 Å². The van der Waals surface area contributed by atoms with Gasteiger partial charge < -0.3 is 9.47 Å². The van der Waals surface area contributed by atoms with Crippen molar-refractivity contribution in [3.63, 3.8) is 0 Å². The second-order valence-electron chi connectivity index (χ2n) is 6.75. The minimum atomic E-state index is -3.92. The normalized spacial score (nSPS) is 17.4. The molecule has 1 aliphatic heterocycles. The molecule has 1 fully saturated rings. The van der Waals surface area contributed by atoms with E-state index in [0.29, 0.717) is 6.61 Å². The predicted molar refractivity (Wildman–Crippen MR) is 102 cm³/mol. The Morgan fingerprint density at radius 3 is 2.61 bits per heavy atom. The minimum Gasteiger partial charge on any atom is -0.353 e. The first-order valence-electron chi connectivity index (χ1n) is 9.15. The van der Waals surface area contributed by atoms with Gasteiger partial charge in [0.2, 0.25) is 0 Å². The number of rotatable bonds is 8. The Hall–Kier alpha value is -2.29. The van der Waals surface area contributed by atoms with Crippen LogP contribution in [0.4, 0.5) is 0 Å². The second-order valence-corrected chi connectivity index (χ2v) is 8.57. The fourth-order valence-corrected chi connectivity index (χ4v) is 4.32. The van der Waals surface area contributed by atoms with Crippen molar-refractivity contribution in [2.45, 2.75) is 43.8 Å². The van der Waals surface area contributed by atoms with Crippen molar-refractivity contribution in [2.24, 2.45) is 0 Å². The van der Waals surface area contributed by atoms with E-state index in [1.807, 2.05) is 6.92 Å². The van der Waals surface area contributed by atoms with Gasteiger partial charge in [0.25, 0.3) is 10.0 Å². The molecule has 28 heavy (non-hydrogen) atoms. The molecule has 1 saturated heterocycles. The lowest BCUT2D eigenvalue weighted by molar-refractivity contribution is -0.168. The first-order chi connectivity index (χ1) is 13.4. The standard InChI is InChI=1S/C20H23NO6S/c1-15-7-9-17(10-8-15)28(24,25)21-11-4-5-18(21)19(23)13-16(22)14-27-20-6-2-3-12-26-20/h4-5,7-11,20H,2-3,6,12-14H2,1H3. The van der Waals surface area contributed by atoms with Crippen molar-refractivity contribution < 1.29 is 27.5 Å². The molecule has 1 unspecified atom stereocenters. The van der Waals surface area contributed by atoms with Gasteiger partial charge in [-0.15, -0.1) is 0 Å². The molecule has 7 nitrogen and oxygen atoms in total. The number of nitrogens with zero attached hydrogens (tertiary/aromatic N) is 1. The number of ketones is 2. The lowest BCUT2D eigenvalue weighted by Gasteiger charge is -2.22. The lowest BCUT2D eigenvalue weighted by atomic mass is 10.1. The maximum atomic E-state index is 12.8. The lowest BCUT2D eigenvalue weighted by Crippen LogP contribution is -2.26. The number of aryl methyl sites for hydroxylation is 1. The highest BCUT2D eigenvalue weighted by molar-refractivity contribution is 7.90. The Morgan fingerprint density at radius 2 is 1.93 bits per heavy atom. The predicted octanol–water partition coefficient (Wildman–Crippen LogP) is 2.72. The van der Waals surface area contributed by atoms with E-state index in [0.717, 1.165) is 28.8 Å². The number of hydrogen-bond donors (Lipinski definition) is 0. The molecular weight excluding hydrogens is 382 g/mol. The zero-order valence-electron chi connectivity index (χ0n) is 15.7. The summed E-state index contributed by atoms with van der Waals surface area (Å²) in [5, 5.41) is 0. The highest BCUT2D eigenvalue weighted by atomic mass is 32.2. The van der Waals surface area contributed by atoms with Crippen LogP contribution in [0.3, 0.4) is 0 Å². The van der Waals surface area contributed by atoms with Crippen molar-refractivity contribution >= 4 is 21.6 Å². The van der Waals surface area contributed by atoms with Crippen LogP contribution in [0, 0.1) is 6.92 Å². The molecule has 0 spiro atoms. The minimum absolute atomic E-state index is 0.0529. The highest BCUT2D eigenvalue weighted by Crippen LogP contribution is 2.19. The van der Waals surface area contributed by atoms with Gasteiger partial charge in [0.1, 0.15) is 12.3 Å². The monoisotopic (exact) mass is 405 g/mol. The quantitative estimate of drug-likeness (QED) is 0.495. The number of carbonyl (C=O) groups is 2. The van der Waals surface area contributed by atoms with E-state index in [9.17, 15) is 18.0 Å². The topological polar surface area (TPSA) is 91.7 Å². The molecule has 2 heterocycles. The van der Waals surface area contributed by atoms with Crippen molar-refractivity contribution in [3.05, 3.63) is 53.9 Å². The SMILES string of the molecule is Cc1ccc(S(=O)(=O)n2cccc2C(=O)CC(=O)COC2CCCCO2)cc1. The van der Waals surface area contributed by atoms with E-state index in [1.165, 1.54) is 30.5 Å². The summed E-state index contributed by atoms with van der Waals surface area (Å²) in [4.78, 5) is 24.7. The number of aromatic nitrogens is 1. The van der Waals surface area contributed by atoms with Crippen LogP contribution in [0.5, 0.6) is 0 Å². The number of benzene rings is 1. The van der Waals surface area contributed by atoms with Crippen LogP contribution in [0.2, 0.25) is 0 Å². The summed E-state index contributed by atoms with van der Waals surface area (Å²) in [5.74, 6) is -0.987. The summed E-state index contributed by atoms with van der Waals surface area (Å²) in [6, 6.07) is 9.21. The fraction of sp³-hybridized carbons (Fsp3) is 0.400. The van der Waals surface area contributed by atoms with Crippen LogP contribution in [0.1, 0.15) is 41.7 Å². The largest absolute Gasteiger partial charge is 0.353 e. The molecule has 0 saturated carbocycles. The smallest absolute Gasteiger partial charge is 0.268 e. The van der Waals surface area contributed by atoms with Gasteiger partial charge in [0.15, 0.2) is 17.9 Å². The zero-order valence-corrected chi connectivity index (χ0v) is 16.5. The van der Waals surface area contributed by atoms with E-state index < -0.39 is 34.3 Å². The number of ether oxygens (including phenoxy) is 2. The molecule has 1 aromatic heterocycles. The molecule has 2 aromatic rings. The molecule has 0 N–H and O–H groups in total. The fourth-order valence-electron chi connectivity index (χ4n) is 2.96. The van der Waals surface area contributed by atoms with Crippen LogP contribution >= 0.6 is 0 Å². The molecule has 1 aromatic carbocycles. The van der Waals surface area contributed by atoms with Crippen LogP contribution in [0.25, 0.3) is 0 Å². The average Bonchev–Trinajstić information content (AvgIpc) is 3.18. The van der Waals surface area contributed by atoms with Gasteiger partial charge >= 0.3 is 0 Å². The summed E-state index contributed by atoms with van der Waals surface area (Å²) >= 11 is 0. The van der Waals surface area contributed by atoms with E-state index in [-0.39, 0.29) is 17.2 Å². The third-order valence-electron chi connectivity index (χ3n) is 4.50. The molecular formula is C20H23NO6S. The molecule has 0 radical (unpaired) electrons. The zero-order chi connectivity index (χ0) is 20.1. The Morgan fingerprint density at radius 1 is 1.18 bits per heavy atom. The van der Waals surface area contributed by atoms with E-state index in [1.54, 1.807) is 12.1 Å². The third-order valence-corrected chi connectivity index (χ3v) is 6.21. The Labute approximate surface area is 164 Å². The third kappa shape index (κ3) is 4.76. The van der Waals surface area contributed by atoms with Crippen molar-refractivity contribution in [2.75, 3.05) is 13.2 Å². The average molecular weight is 405 g/mol. The van der Waals surface area contributed by atoms with E-state index in [2.05, 4.69) is 0 Å². The van der Waals surface area contributed by atoms with Gasteiger partial charge in [-0.05, 0) is 50.5 Å². The molecule has 0 aliphatic carbocycles. The van der Waals surface area contributed by atoms with Crippen molar-refractivity contribution in [1.29, 1.82) is 0 Å². The van der Waals surface area contributed by atoms with Crippen LogP contribution in [-0.4, -0.2) is 43.5 Å². The first-order valence-corrected chi connectivity index (χ1v) is 10.6. The maximum absolute atomic E-state index is 12.8. The van der Waals surface area contributed by atoms with Gasteiger partial charge in [-0.25, -0.2) is 12.4 Å². The molecule has 0 amide bonds. The molecule has 8 heteroatoms. The first kappa shape index (κ1) is 20.4. The molecule has 0 bridgehead atoms. The maximum Gasteiger partial charge on any atom is 0.268 e. The van der Waals surface area contributed by atoms with Gasteiger partial charge in [-0.2, -0.15) is 0 Å². The van der Waals surface area contributed by atoms with Crippen molar-refractivity contribution in [3.8, 4) is 0 Å². The number of carbonyl (C=O) groups excluding carboxylic acids is 2. The van der Waals surface area contributed by atoms with Gasteiger partial charge in [0, 0.05) is 12.8 Å². The van der Waals surface area contributed by atoms with Crippen LogP contribution < -0.4 is 0 Å². The Balaban J connectivity index is 1.67. The Bertz CT molecular complexity index is 939. The number of Topliss-reactive ketones (excluding diaryl/α,β-unsaturated/α-hetero) is 2. The van der Waals surface area contributed by atoms with Crippen LogP contribution in [0.15, 0.2) is 47.5 Å². The summed E-state index contributed by atoms with van der Waals surface area (Å²) < 4.78 is 37.4. The molecule has 1 atom stereocenters. The number of hydrogen-bond acceptors (Lipinski definition) is 6. The molecule has 3 rings (SSSR count). The highest BCUT2D eigenvalue weighted by Gasteiger charge is 2.24. The summed E-state index contributed by atoms with van der Waals surface area (Å²) in [6.07, 6.45) is 3.12. The summed E-state index contributed by atoms with van der Waals surface area (Å²) in [6.45, 7) is 2.22. The van der Waals surface area contributed by atoms with E-state index >= 15 is 0 Å². The van der Waals surface area contributed by atoms with Gasteiger partial charge in [-0.3, -0.25) is 9.59 Å². The van der Waals surface area contributed by atoms with E-state index in [4.69, 9.17) is 9.47 Å². The molecule has 150 valence electrons. The summed E-state index contributed by atoms with van der Waals surface area (Å²) in [7, 11) is -3.92.